The lowest BCUT2D eigenvalue weighted by molar-refractivity contribution is -0.138. The van der Waals surface area contributed by atoms with E-state index >= 15 is 0 Å². The van der Waals surface area contributed by atoms with E-state index in [0.717, 1.165) is 14.9 Å². The lowest BCUT2D eigenvalue weighted by atomic mass is 10.0. The Bertz CT molecular complexity index is 604. The predicted molar refractivity (Wildman–Crippen MR) is 86.1 cm³/mol. The Morgan fingerprint density at radius 1 is 1.25 bits per heavy atom. The van der Waals surface area contributed by atoms with E-state index in [1.54, 1.807) is 0 Å². The number of hydrogen-bond donors (Lipinski definition) is 2. The molecule has 5 heteroatoms. The third-order valence-electron chi connectivity index (χ3n) is 2.86. The molecule has 2 aromatic rings. The van der Waals surface area contributed by atoms with Gasteiger partial charge in [0.2, 0.25) is 0 Å². The Balaban J connectivity index is 2.12. The summed E-state index contributed by atoms with van der Waals surface area (Å²) in [4.78, 5) is 12.4. The van der Waals surface area contributed by atoms with Crippen molar-refractivity contribution in [2.45, 2.75) is 10.8 Å². The van der Waals surface area contributed by atoms with Crippen molar-refractivity contribution < 1.29 is 9.90 Å². The Morgan fingerprint density at radius 3 is 2.55 bits per heavy atom. The van der Waals surface area contributed by atoms with Crippen LogP contribution in [0.3, 0.4) is 0 Å². The number of halogens is 1. The Hall–Kier alpha value is -1.46. The van der Waals surface area contributed by atoms with Gasteiger partial charge in [0.1, 0.15) is 0 Å². The highest BCUT2D eigenvalue weighted by molar-refractivity contribution is 9.10. The van der Waals surface area contributed by atoms with E-state index in [-0.39, 0.29) is 0 Å². The molecule has 0 amide bonds. The summed E-state index contributed by atoms with van der Waals surface area (Å²) in [5.41, 5.74) is 7.19. The molecule has 0 saturated carbocycles. The van der Waals surface area contributed by atoms with E-state index < -0.39 is 11.9 Å². The van der Waals surface area contributed by atoms with Gasteiger partial charge in [-0.3, -0.25) is 4.79 Å². The zero-order valence-electron chi connectivity index (χ0n) is 10.6. The van der Waals surface area contributed by atoms with Crippen LogP contribution < -0.4 is 5.73 Å². The lowest BCUT2D eigenvalue weighted by Crippen LogP contribution is -2.14. The van der Waals surface area contributed by atoms with E-state index in [1.165, 1.54) is 11.8 Å². The molecule has 3 N–H and O–H groups in total. The average Bonchev–Trinajstić information content (AvgIpc) is 2.42. The minimum absolute atomic E-state index is 0.474. The molecule has 2 aromatic carbocycles. The van der Waals surface area contributed by atoms with Gasteiger partial charge in [-0.15, -0.1) is 11.8 Å². The van der Waals surface area contributed by atoms with Crippen LogP contribution in [0.5, 0.6) is 0 Å². The average molecular weight is 352 g/mol. The molecule has 20 heavy (non-hydrogen) atoms. The molecule has 0 bridgehead atoms. The van der Waals surface area contributed by atoms with Crippen LogP contribution in [-0.2, 0) is 4.79 Å². The quantitative estimate of drug-likeness (QED) is 0.631. The number of hydrogen-bond acceptors (Lipinski definition) is 3. The molecule has 0 heterocycles. The Morgan fingerprint density at radius 2 is 1.95 bits per heavy atom. The largest absolute Gasteiger partial charge is 0.481 e. The van der Waals surface area contributed by atoms with Crippen molar-refractivity contribution in [2.75, 3.05) is 11.5 Å². The van der Waals surface area contributed by atoms with Crippen LogP contribution in [0, 0.1) is 0 Å². The molecule has 0 aliphatic carbocycles. The Labute approximate surface area is 130 Å². The van der Waals surface area contributed by atoms with Crippen molar-refractivity contribution in [1.82, 2.24) is 0 Å². The first-order chi connectivity index (χ1) is 9.58. The number of benzene rings is 2. The number of nitrogen functional groups attached to an aromatic ring is 1. The first-order valence-corrected chi connectivity index (χ1v) is 7.81. The number of aliphatic carboxylic acids is 1. The van der Waals surface area contributed by atoms with Crippen molar-refractivity contribution in [3.8, 4) is 0 Å². The fraction of sp³-hybridized carbons (Fsp3) is 0.133. The molecule has 2 rings (SSSR count). The summed E-state index contributed by atoms with van der Waals surface area (Å²) in [6.07, 6.45) is 0. The molecule has 0 aliphatic rings. The van der Waals surface area contributed by atoms with E-state index in [9.17, 15) is 9.90 Å². The highest BCUT2D eigenvalue weighted by Gasteiger charge is 2.20. The van der Waals surface area contributed by atoms with Gasteiger partial charge in [0.25, 0.3) is 0 Å². The number of nitrogens with two attached hydrogens (primary N) is 1. The number of thioether (sulfide) groups is 1. The fourth-order valence-electron chi connectivity index (χ4n) is 1.80. The van der Waals surface area contributed by atoms with E-state index in [1.807, 2.05) is 48.5 Å². The highest BCUT2D eigenvalue weighted by Crippen LogP contribution is 2.32. The monoisotopic (exact) mass is 351 g/mol. The first kappa shape index (κ1) is 14.9. The molecule has 0 fully saturated rings. The van der Waals surface area contributed by atoms with Crippen molar-refractivity contribution in [2.24, 2.45) is 0 Å². The van der Waals surface area contributed by atoms with Gasteiger partial charge < -0.3 is 10.8 Å². The second kappa shape index (κ2) is 6.81. The summed E-state index contributed by atoms with van der Waals surface area (Å²) >= 11 is 4.95. The number of carboxylic acids is 1. The van der Waals surface area contributed by atoms with E-state index in [4.69, 9.17) is 5.73 Å². The molecule has 3 nitrogen and oxygen atoms in total. The predicted octanol–water partition coefficient (Wildman–Crippen LogP) is 3.99. The maximum atomic E-state index is 11.4. The third-order valence-corrected chi connectivity index (χ3v) is 4.95. The van der Waals surface area contributed by atoms with Gasteiger partial charge in [-0.2, -0.15) is 0 Å². The summed E-state index contributed by atoms with van der Waals surface area (Å²) in [7, 11) is 0. The maximum Gasteiger partial charge on any atom is 0.311 e. The van der Waals surface area contributed by atoms with Crippen LogP contribution in [0.2, 0.25) is 0 Å². The van der Waals surface area contributed by atoms with Crippen LogP contribution in [0.25, 0.3) is 0 Å². The summed E-state index contributed by atoms with van der Waals surface area (Å²) in [5, 5.41) is 9.37. The zero-order chi connectivity index (χ0) is 14.5. The number of carbonyl (C=O) groups is 1. The molecule has 104 valence electrons. The minimum atomic E-state index is -0.810. The Kier molecular flexibility index (Phi) is 5.09. The second-order valence-corrected chi connectivity index (χ2v) is 6.22. The van der Waals surface area contributed by atoms with Crippen LogP contribution in [0.4, 0.5) is 5.69 Å². The van der Waals surface area contributed by atoms with Gasteiger partial charge in [-0.25, -0.2) is 0 Å². The van der Waals surface area contributed by atoms with Crippen molar-refractivity contribution in [1.29, 1.82) is 0 Å². The molecule has 1 unspecified atom stereocenters. The van der Waals surface area contributed by atoms with Crippen molar-refractivity contribution in [3.05, 3.63) is 58.6 Å². The molecular formula is C15H14BrNO2S. The third kappa shape index (κ3) is 3.77. The molecule has 0 radical (unpaired) electrons. The van der Waals surface area contributed by atoms with Gasteiger partial charge >= 0.3 is 5.97 Å². The summed E-state index contributed by atoms with van der Waals surface area (Å²) in [6.45, 7) is 0. The minimum Gasteiger partial charge on any atom is -0.481 e. The lowest BCUT2D eigenvalue weighted by Gasteiger charge is -2.13. The second-order valence-electron chi connectivity index (χ2n) is 4.30. The van der Waals surface area contributed by atoms with Gasteiger partial charge in [-0.1, -0.05) is 30.3 Å². The highest BCUT2D eigenvalue weighted by atomic mass is 79.9. The zero-order valence-corrected chi connectivity index (χ0v) is 13.0. The molecule has 0 saturated heterocycles. The van der Waals surface area contributed by atoms with Crippen molar-refractivity contribution >= 4 is 39.3 Å². The number of carboxylic acid groups (broad SMARTS) is 1. The molecule has 1 atom stereocenters. The standard InChI is InChI=1S/C15H14BrNO2S/c16-13-8-11(17)6-7-14(13)20-9-12(15(18)19)10-4-2-1-3-5-10/h1-8,12H,9,17H2,(H,18,19). The number of anilines is 1. The summed E-state index contributed by atoms with van der Waals surface area (Å²) < 4.78 is 0.889. The first-order valence-electron chi connectivity index (χ1n) is 6.03. The van der Waals surface area contributed by atoms with Crippen LogP contribution in [-0.4, -0.2) is 16.8 Å². The summed E-state index contributed by atoms with van der Waals surface area (Å²) in [5.74, 6) is -0.858. The smallest absolute Gasteiger partial charge is 0.311 e. The fourth-order valence-corrected chi connectivity index (χ4v) is 3.58. The molecule has 0 aromatic heterocycles. The normalized spacial score (nSPS) is 12.1. The van der Waals surface area contributed by atoms with Gasteiger partial charge in [0.15, 0.2) is 0 Å². The van der Waals surface area contributed by atoms with Crippen LogP contribution in [0.1, 0.15) is 11.5 Å². The molecular weight excluding hydrogens is 338 g/mol. The van der Waals surface area contributed by atoms with Crippen LogP contribution in [0.15, 0.2) is 57.9 Å². The van der Waals surface area contributed by atoms with Gasteiger partial charge in [-0.05, 0) is 39.7 Å². The van der Waals surface area contributed by atoms with Gasteiger partial charge in [0.05, 0.1) is 5.92 Å². The topological polar surface area (TPSA) is 63.3 Å². The summed E-state index contributed by atoms with van der Waals surface area (Å²) in [6, 6.07) is 14.8. The van der Waals surface area contributed by atoms with Gasteiger partial charge in [0, 0.05) is 20.8 Å². The molecule has 0 aliphatic heterocycles. The van der Waals surface area contributed by atoms with Crippen molar-refractivity contribution in [3.63, 3.8) is 0 Å². The van der Waals surface area contributed by atoms with Crippen LogP contribution >= 0.6 is 27.7 Å². The number of rotatable bonds is 5. The van der Waals surface area contributed by atoms with E-state index in [2.05, 4.69) is 15.9 Å². The molecule has 0 spiro atoms. The SMILES string of the molecule is Nc1ccc(SCC(C(=O)O)c2ccccc2)c(Br)c1. The van der Waals surface area contributed by atoms with E-state index in [0.29, 0.717) is 11.4 Å². The maximum absolute atomic E-state index is 11.4.